The molecule has 1 N–H and O–H groups in total. The number of ether oxygens (including phenoxy) is 1. The number of aliphatic hydroxyl groups is 1. The van der Waals surface area contributed by atoms with Crippen LogP contribution < -0.4 is 9.64 Å². The Kier molecular flexibility index (Phi) is 4.14. The van der Waals surface area contributed by atoms with Gasteiger partial charge < -0.3 is 14.7 Å². The molecule has 5 nitrogen and oxygen atoms in total. The lowest BCUT2D eigenvalue weighted by Crippen LogP contribution is -2.34. The van der Waals surface area contributed by atoms with Crippen LogP contribution in [0.2, 0.25) is 0 Å². The van der Waals surface area contributed by atoms with Crippen molar-refractivity contribution in [2.75, 3.05) is 18.6 Å². The number of pyridine rings is 1. The van der Waals surface area contributed by atoms with E-state index in [4.69, 9.17) is 4.74 Å². The highest BCUT2D eigenvalue weighted by molar-refractivity contribution is 5.98. The van der Waals surface area contributed by atoms with Crippen molar-refractivity contribution in [1.82, 2.24) is 4.98 Å². The van der Waals surface area contributed by atoms with E-state index >= 15 is 0 Å². The first kappa shape index (κ1) is 17.9. The van der Waals surface area contributed by atoms with Gasteiger partial charge >= 0.3 is 0 Å². The summed E-state index contributed by atoms with van der Waals surface area (Å²) in [7, 11) is 1.61. The summed E-state index contributed by atoms with van der Waals surface area (Å²) in [5.74, 6) is 0.816. The molecule has 1 atom stereocenters. The largest absolute Gasteiger partial charge is 0.496 e. The molecule has 3 aromatic rings. The van der Waals surface area contributed by atoms with E-state index in [9.17, 15) is 9.90 Å². The highest BCUT2D eigenvalue weighted by Gasteiger charge is 2.39. The second-order valence-electron chi connectivity index (χ2n) is 7.59. The van der Waals surface area contributed by atoms with Gasteiger partial charge in [-0.05, 0) is 53.3 Å². The van der Waals surface area contributed by atoms with Gasteiger partial charge in [0.15, 0.2) is 0 Å². The molecule has 5 rings (SSSR count). The monoisotopic (exact) mass is 386 g/mol. The van der Waals surface area contributed by atoms with Crippen molar-refractivity contribution in [2.45, 2.75) is 24.9 Å². The first-order valence-electron chi connectivity index (χ1n) is 9.86. The van der Waals surface area contributed by atoms with E-state index in [2.05, 4.69) is 11.1 Å². The van der Waals surface area contributed by atoms with Gasteiger partial charge in [0.25, 0.3) is 0 Å². The zero-order valence-electron chi connectivity index (χ0n) is 16.3. The minimum absolute atomic E-state index is 0.193. The predicted octanol–water partition coefficient (Wildman–Crippen LogP) is 3.21. The summed E-state index contributed by atoms with van der Waals surface area (Å²) in [6, 6.07) is 15.3. The number of methoxy groups -OCH3 is 1. The quantitative estimate of drug-likeness (QED) is 0.748. The highest BCUT2D eigenvalue weighted by Crippen LogP contribution is 2.45. The second kappa shape index (κ2) is 6.71. The average Bonchev–Trinajstić information content (AvgIpc) is 3.21. The number of benzene rings is 2. The van der Waals surface area contributed by atoms with Crippen molar-refractivity contribution in [1.29, 1.82) is 0 Å². The number of hydrogen-bond acceptors (Lipinski definition) is 4. The second-order valence-corrected chi connectivity index (χ2v) is 7.59. The minimum atomic E-state index is -1.39. The number of carbonyl (C=O) groups excluding carboxylic acids is 1. The topological polar surface area (TPSA) is 62.7 Å². The standard InChI is InChI=1S/C24H22N2O3/c1-29-21-5-3-2-4-20(21)24(28,18-8-11-25-12-9-18)19-14-16-6-7-22(27)26-13-10-17(15-19)23(16)26/h2-5,8-9,11-12,14-15,28H,6-7,10,13H2,1H3. The normalized spacial score (nSPS) is 17.0. The molecule has 29 heavy (non-hydrogen) atoms. The number of amides is 1. The van der Waals surface area contributed by atoms with Gasteiger partial charge in [-0.3, -0.25) is 9.78 Å². The molecule has 0 radical (unpaired) electrons. The molecule has 1 unspecified atom stereocenters. The van der Waals surface area contributed by atoms with Gasteiger partial charge in [-0.15, -0.1) is 0 Å². The molecule has 0 saturated heterocycles. The number of carbonyl (C=O) groups is 1. The summed E-state index contributed by atoms with van der Waals surface area (Å²) in [4.78, 5) is 18.3. The Morgan fingerprint density at radius 1 is 1.00 bits per heavy atom. The van der Waals surface area contributed by atoms with Gasteiger partial charge in [-0.2, -0.15) is 0 Å². The molecule has 0 fully saturated rings. The summed E-state index contributed by atoms with van der Waals surface area (Å²) >= 11 is 0. The minimum Gasteiger partial charge on any atom is -0.496 e. The SMILES string of the molecule is COc1ccccc1C(O)(c1ccncc1)c1cc2c3c(c1)CCN3C(=O)CC2. The maximum atomic E-state index is 12.3. The van der Waals surface area contributed by atoms with Crippen molar-refractivity contribution >= 4 is 11.6 Å². The Labute approximate surface area is 169 Å². The van der Waals surface area contributed by atoms with Crippen molar-refractivity contribution in [2.24, 2.45) is 0 Å². The van der Waals surface area contributed by atoms with Crippen LogP contribution in [0.5, 0.6) is 5.75 Å². The molecule has 2 aliphatic heterocycles. The zero-order chi connectivity index (χ0) is 20.0. The Morgan fingerprint density at radius 3 is 2.48 bits per heavy atom. The molecule has 3 heterocycles. The number of nitrogens with zero attached hydrogens (tertiary/aromatic N) is 2. The van der Waals surface area contributed by atoms with Crippen molar-refractivity contribution in [3.8, 4) is 5.75 Å². The molecular formula is C24H22N2O3. The molecule has 2 aliphatic rings. The van der Waals surface area contributed by atoms with E-state index in [1.165, 1.54) is 0 Å². The van der Waals surface area contributed by atoms with Crippen LogP contribution in [0.1, 0.15) is 34.2 Å². The third-order valence-electron chi connectivity index (χ3n) is 6.06. The lowest BCUT2D eigenvalue weighted by molar-refractivity contribution is -0.118. The number of aryl methyl sites for hydroxylation is 1. The maximum Gasteiger partial charge on any atom is 0.227 e. The van der Waals surface area contributed by atoms with Crippen molar-refractivity contribution < 1.29 is 14.6 Å². The van der Waals surface area contributed by atoms with Crippen LogP contribution in [-0.4, -0.2) is 29.7 Å². The zero-order valence-corrected chi connectivity index (χ0v) is 16.3. The lowest BCUT2D eigenvalue weighted by atomic mass is 9.78. The molecule has 0 bridgehead atoms. The Bertz CT molecular complexity index is 1100. The summed E-state index contributed by atoms with van der Waals surface area (Å²) in [6.07, 6.45) is 5.39. The lowest BCUT2D eigenvalue weighted by Gasteiger charge is -2.33. The molecular weight excluding hydrogens is 364 g/mol. The number of para-hydroxylation sites is 1. The molecule has 5 heteroatoms. The van der Waals surface area contributed by atoms with E-state index in [0.717, 1.165) is 34.4 Å². The van der Waals surface area contributed by atoms with Gasteiger partial charge in [0.1, 0.15) is 11.4 Å². The molecule has 0 saturated carbocycles. The van der Waals surface area contributed by atoms with Crippen LogP contribution in [0.15, 0.2) is 60.9 Å². The fourth-order valence-electron chi connectivity index (χ4n) is 4.68. The maximum absolute atomic E-state index is 12.3. The van der Waals surface area contributed by atoms with E-state index in [1.54, 1.807) is 19.5 Å². The van der Waals surface area contributed by atoms with Crippen LogP contribution in [0.4, 0.5) is 5.69 Å². The van der Waals surface area contributed by atoms with Crippen molar-refractivity contribution in [3.63, 3.8) is 0 Å². The van der Waals surface area contributed by atoms with Gasteiger partial charge in [-0.1, -0.05) is 30.3 Å². The fraction of sp³-hybridized carbons (Fsp3) is 0.250. The summed E-state index contributed by atoms with van der Waals surface area (Å²) in [6.45, 7) is 0.715. The smallest absolute Gasteiger partial charge is 0.227 e. The van der Waals surface area contributed by atoms with Crippen LogP contribution in [0, 0.1) is 0 Å². The van der Waals surface area contributed by atoms with Gasteiger partial charge in [0.2, 0.25) is 5.91 Å². The van der Waals surface area contributed by atoms with Gasteiger partial charge in [0, 0.05) is 30.9 Å². The fourth-order valence-corrected chi connectivity index (χ4v) is 4.68. The number of aromatic nitrogens is 1. The number of anilines is 1. The first-order chi connectivity index (χ1) is 14.1. The first-order valence-corrected chi connectivity index (χ1v) is 9.86. The van der Waals surface area contributed by atoms with E-state index < -0.39 is 5.60 Å². The van der Waals surface area contributed by atoms with Crippen LogP contribution in [0.3, 0.4) is 0 Å². The third-order valence-corrected chi connectivity index (χ3v) is 6.06. The Balaban J connectivity index is 1.77. The molecule has 0 spiro atoms. The van der Waals surface area contributed by atoms with E-state index in [0.29, 0.717) is 30.7 Å². The number of hydrogen-bond donors (Lipinski definition) is 1. The van der Waals surface area contributed by atoms with Crippen LogP contribution >= 0.6 is 0 Å². The summed E-state index contributed by atoms with van der Waals surface area (Å²) < 4.78 is 5.60. The average molecular weight is 386 g/mol. The molecule has 1 amide bonds. The number of rotatable bonds is 4. The van der Waals surface area contributed by atoms with Gasteiger partial charge in [0.05, 0.1) is 12.8 Å². The molecule has 2 aromatic carbocycles. The molecule has 0 aliphatic carbocycles. The molecule has 146 valence electrons. The summed E-state index contributed by atoms with van der Waals surface area (Å²) in [5.41, 5.74) is 4.09. The van der Waals surface area contributed by atoms with Crippen molar-refractivity contribution in [3.05, 3.63) is 88.7 Å². The predicted molar refractivity (Wildman–Crippen MR) is 110 cm³/mol. The van der Waals surface area contributed by atoms with E-state index in [-0.39, 0.29) is 5.91 Å². The third kappa shape index (κ3) is 2.65. The van der Waals surface area contributed by atoms with Crippen LogP contribution in [0.25, 0.3) is 0 Å². The van der Waals surface area contributed by atoms with Gasteiger partial charge in [-0.25, -0.2) is 0 Å². The van der Waals surface area contributed by atoms with Crippen LogP contribution in [-0.2, 0) is 23.2 Å². The Hall–Kier alpha value is -3.18. The highest BCUT2D eigenvalue weighted by atomic mass is 16.5. The molecule has 1 aromatic heterocycles. The van der Waals surface area contributed by atoms with E-state index in [1.807, 2.05) is 47.4 Å². The summed E-state index contributed by atoms with van der Waals surface area (Å²) in [5, 5.41) is 12.2. The Morgan fingerprint density at radius 2 is 1.72 bits per heavy atom.